The maximum Gasteiger partial charge on any atom is 0.227 e. The number of aromatic nitrogens is 2. The number of nitrogens with one attached hydrogen (secondary N) is 1. The minimum absolute atomic E-state index is 0.253. The van der Waals surface area contributed by atoms with Gasteiger partial charge in [-0.2, -0.15) is 0 Å². The quantitative estimate of drug-likeness (QED) is 0.851. The fourth-order valence-corrected chi connectivity index (χ4v) is 1.90. The Labute approximate surface area is 119 Å². The molecule has 1 aromatic carbocycles. The fourth-order valence-electron chi connectivity index (χ4n) is 1.42. The Hall–Kier alpha value is -1.53. The molecule has 0 aliphatic rings. The maximum absolute atomic E-state index is 5.53. The fraction of sp³-hybridized carbons (Fsp3) is 0.0833. The Balaban J connectivity index is 2.31. The standard InChI is InChI=1S/C12H11BrN4S/c1-7-3-2-4-8(10(7)13)16-12-15-6-5-9(17-12)11(14)18/h2-6H,1H3,(H2,14,18)(H,15,16,17). The van der Waals surface area contributed by atoms with Crippen LogP contribution in [0.4, 0.5) is 11.6 Å². The van der Waals surface area contributed by atoms with Gasteiger partial charge in [-0.15, -0.1) is 0 Å². The zero-order chi connectivity index (χ0) is 13.1. The summed E-state index contributed by atoms with van der Waals surface area (Å²) >= 11 is 8.40. The number of benzene rings is 1. The van der Waals surface area contributed by atoms with Crippen LogP contribution in [-0.2, 0) is 0 Å². The number of hydrogen-bond acceptors (Lipinski definition) is 4. The average Bonchev–Trinajstić information content (AvgIpc) is 2.35. The van der Waals surface area contributed by atoms with Crippen LogP contribution in [0.1, 0.15) is 11.3 Å². The van der Waals surface area contributed by atoms with Crippen LogP contribution in [0.3, 0.4) is 0 Å². The highest BCUT2D eigenvalue weighted by molar-refractivity contribution is 9.10. The Morgan fingerprint density at radius 1 is 1.39 bits per heavy atom. The van der Waals surface area contributed by atoms with Gasteiger partial charge in [0.05, 0.1) is 5.69 Å². The Bertz CT molecular complexity index is 600. The molecule has 0 aliphatic carbocycles. The minimum atomic E-state index is 0.253. The van der Waals surface area contributed by atoms with Crippen LogP contribution in [0.5, 0.6) is 0 Å². The molecule has 4 nitrogen and oxygen atoms in total. The van der Waals surface area contributed by atoms with Crippen LogP contribution in [0.15, 0.2) is 34.9 Å². The Kier molecular flexibility index (Phi) is 3.88. The average molecular weight is 323 g/mol. The van der Waals surface area contributed by atoms with E-state index in [4.69, 9.17) is 18.0 Å². The van der Waals surface area contributed by atoms with Gasteiger partial charge in [-0.05, 0) is 40.5 Å². The van der Waals surface area contributed by atoms with Gasteiger partial charge >= 0.3 is 0 Å². The van der Waals surface area contributed by atoms with Crippen molar-refractivity contribution in [2.24, 2.45) is 5.73 Å². The first-order valence-corrected chi connectivity index (χ1v) is 6.43. The molecule has 0 atom stereocenters. The number of thiocarbonyl (C=S) groups is 1. The van der Waals surface area contributed by atoms with E-state index in [1.165, 1.54) is 0 Å². The summed E-state index contributed by atoms with van der Waals surface area (Å²) in [6.45, 7) is 2.02. The van der Waals surface area contributed by atoms with Crippen molar-refractivity contribution in [2.45, 2.75) is 6.92 Å². The van der Waals surface area contributed by atoms with Gasteiger partial charge in [0.2, 0.25) is 5.95 Å². The Morgan fingerprint density at radius 3 is 2.89 bits per heavy atom. The summed E-state index contributed by atoms with van der Waals surface area (Å²) in [7, 11) is 0. The van der Waals surface area contributed by atoms with Crippen molar-refractivity contribution in [3.8, 4) is 0 Å². The van der Waals surface area contributed by atoms with Gasteiger partial charge < -0.3 is 11.1 Å². The predicted octanol–water partition coefficient (Wildman–Crippen LogP) is 2.93. The highest BCUT2D eigenvalue weighted by Crippen LogP contribution is 2.27. The van der Waals surface area contributed by atoms with E-state index in [0.717, 1.165) is 15.7 Å². The summed E-state index contributed by atoms with van der Waals surface area (Å²) in [6.07, 6.45) is 1.62. The lowest BCUT2D eigenvalue weighted by Gasteiger charge is -2.09. The number of hydrogen-bond donors (Lipinski definition) is 2. The molecule has 0 unspecified atom stereocenters. The highest BCUT2D eigenvalue weighted by atomic mass is 79.9. The van der Waals surface area contributed by atoms with E-state index < -0.39 is 0 Å². The second-order valence-electron chi connectivity index (χ2n) is 3.69. The van der Waals surface area contributed by atoms with Gasteiger partial charge in [-0.25, -0.2) is 9.97 Å². The molecule has 3 N–H and O–H groups in total. The zero-order valence-electron chi connectivity index (χ0n) is 9.64. The van der Waals surface area contributed by atoms with Crippen LogP contribution in [-0.4, -0.2) is 15.0 Å². The summed E-state index contributed by atoms with van der Waals surface area (Å²) < 4.78 is 0.981. The van der Waals surface area contributed by atoms with Gasteiger partial charge in [0, 0.05) is 10.7 Å². The van der Waals surface area contributed by atoms with Crippen LogP contribution in [0.25, 0.3) is 0 Å². The highest BCUT2D eigenvalue weighted by Gasteiger charge is 2.05. The monoisotopic (exact) mass is 322 g/mol. The molecule has 1 aromatic heterocycles. The third-order valence-corrected chi connectivity index (χ3v) is 3.61. The van der Waals surface area contributed by atoms with Crippen molar-refractivity contribution < 1.29 is 0 Å². The van der Waals surface area contributed by atoms with Gasteiger partial charge in [-0.1, -0.05) is 24.4 Å². The lowest BCUT2D eigenvalue weighted by atomic mass is 10.2. The lowest BCUT2D eigenvalue weighted by Crippen LogP contribution is -2.12. The molecule has 0 radical (unpaired) electrons. The molecule has 0 bridgehead atoms. The first-order valence-electron chi connectivity index (χ1n) is 5.23. The molecule has 6 heteroatoms. The van der Waals surface area contributed by atoms with E-state index in [1.54, 1.807) is 12.3 Å². The molecule has 0 fully saturated rings. The molecule has 92 valence electrons. The SMILES string of the molecule is Cc1cccc(Nc2nccc(C(N)=S)n2)c1Br. The second-order valence-corrected chi connectivity index (χ2v) is 4.92. The van der Waals surface area contributed by atoms with Crippen LogP contribution in [0.2, 0.25) is 0 Å². The largest absolute Gasteiger partial charge is 0.388 e. The molecule has 18 heavy (non-hydrogen) atoms. The number of halogens is 1. The van der Waals surface area contributed by atoms with E-state index in [-0.39, 0.29) is 4.99 Å². The summed E-state index contributed by atoms with van der Waals surface area (Å²) in [4.78, 5) is 8.61. The molecule has 0 saturated heterocycles. The molecule has 1 heterocycles. The van der Waals surface area contributed by atoms with Crippen molar-refractivity contribution in [2.75, 3.05) is 5.32 Å². The van der Waals surface area contributed by atoms with Gasteiger partial charge in [-0.3, -0.25) is 0 Å². The predicted molar refractivity (Wildman–Crippen MR) is 80.1 cm³/mol. The van der Waals surface area contributed by atoms with Crippen molar-refractivity contribution in [3.05, 3.63) is 46.2 Å². The van der Waals surface area contributed by atoms with Crippen LogP contribution < -0.4 is 11.1 Å². The summed E-state index contributed by atoms with van der Waals surface area (Å²) in [6, 6.07) is 7.59. The third kappa shape index (κ3) is 2.83. The van der Waals surface area contributed by atoms with Crippen molar-refractivity contribution in [3.63, 3.8) is 0 Å². The molecular formula is C12H11BrN4S. The summed E-state index contributed by atoms with van der Waals surface area (Å²) in [5.74, 6) is 0.464. The smallest absolute Gasteiger partial charge is 0.227 e. The van der Waals surface area contributed by atoms with Crippen molar-refractivity contribution in [1.82, 2.24) is 9.97 Å². The number of aryl methyl sites for hydroxylation is 1. The molecule has 2 rings (SSSR count). The van der Waals surface area contributed by atoms with Crippen molar-refractivity contribution in [1.29, 1.82) is 0 Å². The van der Waals surface area contributed by atoms with E-state index in [0.29, 0.717) is 11.6 Å². The second kappa shape index (κ2) is 5.41. The van der Waals surface area contributed by atoms with Gasteiger partial charge in [0.15, 0.2) is 0 Å². The number of anilines is 2. The van der Waals surface area contributed by atoms with E-state index in [1.807, 2.05) is 25.1 Å². The molecule has 0 amide bonds. The third-order valence-electron chi connectivity index (χ3n) is 2.35. The van der Waals surface area contributed by atoms with Gasteiger partial charge in [0.1, 0.15) is 10.7 Å². The van der Waals surface area contributed by atoms with Crippen LogP contribution in [0, 0.1) is 6.92 Å². The topological polar surface area (TPSA) is 63.8 Å². The molecule has 0 aliphatic heterocycles. The lowest BCUT2D eigenvalue weighted by molar-refractivity contribution is 1.15. The van der Waals surface area contributed by atoms with Crippen LogP contribution >= 0.6 is 28.1 Å². The number of rotatable bonds is 3. The molecule has 2 aromatic rings. The minimum Gasteiger partial charge on any atom is -0.388 e. The molecule has 0 saturated carbocycles. The van der Waals surface area contributed by atoms with Gasteiger partial charge in [0.25, 0.3) is 0 Å². The Morgan fingerprint density at radius 2 is 2.17 bits per heavy atom. The number of nitrogens with two attached hydrogens (primary N) is 1. The zero-order valence-corrected chi connectivity index (χ0v) is 12.0. The van der Waals surface area contributed by atoms with Crippen molar-refractivity contribution >= 4 is 44.8 Å². The van der Waals surface area contributed by atoms with E-state index in [2.05, 4.69) is 31.2 Å². The molecular weight excluding hydrogens is 312 g/mol. The normalized spacial score (nSPS) is 10.1. The van der Waals surface area contributed by atoms with E-state index in [9.17, 15) is 0 Å². The number of nitrogens with zero attached hydrogens (tertiary/aromatic N) is 2. The molecule has 0 spiro atoms. The first-order chi connectivity index (χ1) is 8.58. The maximum atomic E-state index is 5.53. The summed E-state index contributed by atoms with van der Waals surface area (Å²) in [5.41, 5.74) is 8.11. The first kappa shape index (κ1) is 12.9. The summed E-state index contributed by atoms with van der Waals surface area (Å²) in [5, 5.41) is 3.12. The van der Waals surface area contributed by atoms with E-state index >= 15 is 0 Å².